The maximum Gasteiger partial charge on any atom is 0.244 e. The standard InChI is InChI=1S/C9H13FN2O3S/c1-2-12(3-4-13)16(14,15)9-5-8(10)6-11-7-9/h5-7,13H,2-4H2,1H3. The van der Waals surface area contributed by atoms with Crippen LogP contribution >= 0.6 is 0 Å². The van der Waals surface area contributed by atoms with Crippen molar-refractivity contribution >= 4 is 10.0 Å². The number of rotatable bonds is 5. The van der Waals surface area contributed by atoms with Gasteiger partial charge in [-0.25, -0.2) is 12.8 Å². The van der Waals surface area contributed by atoms with E-state index < -0.39 is 15.8 Å². The summed E-state index contributed by atoms with van der Waals surface area (Å²) in [6.45, 7) is 1.55. The number of aliphatic hydroxyl groups is 1. The van der Waals surface area contributed by atoms with Gasteiger partial charge in [-0.05, 0) is 6.07 Å². The molecule has 0 amide bonds. The summed E-state index contributed by atoms with van der Waals surface area (Å²) in [7, 11) is -3.76. The fraction of sp³-hybridized carbons (Fsp3) is 0.444. The van der Waals surface area contributed by atoms with Crippen molar-refractivity contribution in [1.82, 2.24) is 9.29 Å². The molecule has 7 heteroatoms. The molecular formula is C9H13FN2O3S. The van der Waals surface area contributed by atoms with Crippen molar-refractivity contribution in [3.8, 4) is 0 Å². The van der Waals surface area contributed by atoms with E-state index in [0.717, 1.165) is 22.8 Å². The minimum Gasteiger partial charge on any atom is -0.395 e. The molecule has 0 saturated carbocycles. The Morgan fingerprint density at radius 2 is 2.19 bits per heavy atom. The molecule has 1 N–H and O–H groups in total. The van der Waals surface area contributed by atoms with Crippen LogP contribution in [-0.4, -0.2) is 42.5 Å². The number of sulfonamides is 1. The molecule has 0 radical (unpaired) electrons. The van der Waals surface area contributed by atoms with Crippen LogP contribution in [0.5, 0.6) is 0 Å². The monoisotopic (exact) mass is 248 g/mol. The highest BCUT2D eigenvalue weighted by molar-refractivity contribution is 7.89. The molecule has 16 heavy (non-hydrogen) atoms. The van der Waals surface area contributed by atoms with Gasteiger partial charge in [0.1, 0.15) is 10.7 Å². The van der Waals surface area contributed by atoms with Gasteiger partial charge in [0.2, 0.25) is 10.0 Å². The number of pyridine rings is 1. The van der Waals surface area contributed by atoms with Gasteiger partial charge >= 0.3 is 0 Å². The van der Waals surface area contributed by atoms with Gasteiger partial charge in [0.05, 0.1) is 12.8 Å². The van der Waals surface area contributed by atoms with E-state index in [9.17, 15) is 12.8 Å². The van der Waals surface area contributed by atoms with Crippen molar-refractivity contribution in [1.29, 1.82) is 0 Å². The minimum atomic E-state index is -3.76. The number of halogens is 1. The minimum absolute atomic E-state index is 0.0185. The molecular weight excluding hydrogens is 235 g/mol. The molecule has 0 unspecified atom stereocenters. The van der Waals surface area contributed by atoms with E-state index in [1.54, 1.807) is 6.92 Å². The fourth-order valence-electron chi connectivity index (χ4n) is 1.24. The molecule has 1 aromatic heterocycles. The van der Waals surface area contributed by atoms with E-state index in [1.165, 1.54) is 0 Å². The lowest BCUT2D eigenvalue weighted by atomic mass is 10.5. The molecule has 1 aromatic rings. The van der Waals surface area contributed by atoms with Gasteiger partial charge in [-0.3, -0.25) is 4.98 Å². The summed E-state index contributed by atoms with van der Waals surface area (Å²) in [5, 5.41) is 8.74. The first kappa shape index (κ1) is 13.0. The van der Waals surface area contributed by atoms with Gasteiger partial charge in [-0.15, -0.1) is 0 Å². The quantitative estimate of drug-likeness (QED) is 0.809. The van der Waals surface area contributed by atoms with Crippen molar-refractivity contribution in [2.75, 3.05) is 19.7 Å². The number of likely N-dealkylation sites (N-methyl/N-ethyl adjacent to an activating group) is 1. The molecule has 0 aromatic carbocycles. The number of nitrogens with zero attached hydrogens (tertiary/aromatic N) is 2. The Balaban J connectivity index is 3.09. The molecule has 0 fully saturated rings. The summed E-state index contributed by atoms with van der Waals surface area (Å²) in [5.41, 5.74) is 0. The largest absolute Gasteiger partial charge is 0.395 e. The molecule has 1 rings (SSSR count). The average Bonchev–Trinajstić information content (AvgIpc) is 2.25. The van der Waals surface area contributed by atoms with Crippen LogP contribution in [-0.2, 0) is 10.0 Å². The second kappa shape index (κ2) is 5.33. The topological polar surface area (TPSA) is 70.5 Å². The van der Waals surface area contributed by atoms with Crippen LogP contribution in [0, 0.1) is 5.82 Å². The van der Waals surface area contributed by atoms with Crippen LogP contribution in [0.3, 0.4) is 0 Å². The summed E-state index contributed by atoms with van der Waals surface area (Å²) in [6.07, 6.45) is 2.01. The van der Waals surface area contributed by atoms with Crippen molar-refractivity contribution in [3.63, 3.8) is 0 Å². The summed E-state index contributed by atoms with van der Waals surface area (Å²) >= 11 is 0. The Morgan fingerprint density at radius 1 is 1.50 bits per heavy atom. The zero-order valence-electron chi connectivity index (χ0n) is 8.80. The van der Waals surface area contributed by atoms with Crippen molar-refractivity contribution < 1.29 is 17.9 Å². The maximum atomic E-state index is 12.9. The third kappa shape index (κ3) is 2.75. The summed E-state index contributed by atoms with van der Waals surface area (Å²) < 4.78 is 37.7. The lowest BCUT2D eigenvalue weighted by molar-refractivity contribution is 0.257. The van der Waals surface area contributed by atoms with Crippen LogP contribution in [0.25, 0.3) is 0 Å². The van der Waals surface area contributed by atoms with Gasteiger partial charge < -0.3 is 5.11 Å². The van der Waals surface area contributed by atoms with E-state index in [4.69, 9.17) is 5.11 Å². The second-order valence-electron chi connectivity index (χ2n) is 3.06. The number of hydrogen-bond donors (Lipinski definition) is 1. The highest BCUT2D eigenvalue weighted by Gasteiger charge is 2.23. The third-order valence-corrected chi connectivity index (χ3v) is 3.96. The Bertz CT molecular complexity index is 450. The second-order valence-corrected chi connectivity index (χ2v) is 5.00. The van der Waals surface area contributed by atoms with E-state index in [0.29, 0.717) is 0 Å². The van der Waals surface area contributed by atoms with Crippen LogP contribution in [0.1, 0.15) is 6.92 Å². The van der Waals surface area contributed by atoms with Crippen LogP contribution in [0.2, 0.25) is 0 Å². The van der Waals surface area contributed by atoms with Gasteiger partial charge in [-0.1, -0.05) is 6.92 Å². The molecule has 0 aliphatic rings. The number of hydrogen-bond acceptors (Lipinski definition) is 4. The van der Waals surface area contributed by atoms with Crippen LogP contribution < -0.4 is 0 Å². The Labute approximate surface area is 93.6 Å². The normalized spacial score (nSPS) is 12.0. The molecule has 0 aliphatic carbocycles. The first-order chi connectivity index (χ1) is 7.52. The maximum absolute atomic E-state index is 12.9. The predicted molar refractivity (Wildman–Crippen MR) is 55.7 cm³/mol. The summed E-state index contributed by atoms with van der Waals surface area (Å²) in [5.74, 6) is -0.707. The Kier molecular flexibility index (Phi) is 4.34. The van der Waals surface area contributed by atoms with Crippen molar-refractivity contribution in [2.45, 2.75) is 11.8 Å². The highest BCUT2D eigenvalue weighted by Crippen LogP contribution is 2.14. The molecule has 0 saturated heterocycles. The van der Waals surface area contributed by atoms with Gasteiger partial charge in [0, 0.05) is 19.3 Å². The van der Waals surface area contributed by atoms with Gasteiger partial charge in [-0.2, -0.15) is 4.31 Å². The van der Waals surface area contributed by atoms with Gasteiger partial charge in [0.25, 0.3) is 0 Å². The zero-order valence-corrected chi connectivity index (χ0v) is 9.61. The highest BCUT2D eigenvalue weighted by atomic mass is 32.2. The average molecular weight is 248 g/mol. The van der Waals surface area contributed by atoms with E-state index in [2.05, 4.69) is 4.98 Å². The smallest absolute Gasteiger partial charge is 0.244 e. The third-order valence-electron chi connectivity index (χ3n) is 2.02. The van der Waals surface area contributed by atoms with E-state index >= 15 is 0 Å². The zero-order chi connectivity index (χ0) is 12.2. The summed E-state index contributed by atoms with van der Waals surface area (Å²) in [4.78, 5) is 3.28. The summed E-state index contributed by atoms with van der Waals surface area (Å²) in [6, 6.07) is 0.905. The first-order valence-electron chi connectivity index (χ1n) is 4.74. The number of aliphatic hydroxyl groups excluding tert-OH is 1. The lowest BCUT2D eigenvalue weighted by Crippen LogP contribution is -2.33. The molecule has 0 aliphatic heterocycles. The molecule has 0 atom stereocenters. The molecule has 5 nitrogen and oxygen atoms in total. The van der Waals surface area contributed by atoms with Gasteiger partial charge in [0.15, 0.2) is 0 Å². The Morgan fingerprint density at radius 3 is 2.69 bits per heavy atom. The Hall–Kier alpha value is -1.05. The molecule has 90 valence electrons. The van der Waals surface area contributed by atoms with Crippen LogP contribution in [0.4, 0.5) is 4.39 Å². The molecule has 1 heterocycles. The lowest BCUT2D eigenvalue weighted by Gasteiger charge is -2.18. The predicted octanol–water partition coefficient (Wildman–Crippen LogP) is 0.224. The van der Waals surface area contributed by atoms with E-state index in [1.807, 2.05) is 0 Å². The van der Waals surface area contributed by atoms with Crippen molar-refractivity contribution in [3.05, 3.63) is 24.3 Å². The molecule has 0 bridgehead atoms. The SMILES string of the molecule is CCN(CCO)S(=O)(=O)c1cncc(F)c1. The molecule has 0 spiro atoms. The van der Waals surface area contributed by atoms with E-state index in [-0.39, 0.29) is 24.6 Å². The van der Waals surface area contributed by atoms with Crippen LogP contribution in [0.15, 0.2) is 23.4 Å². The fourth-order valence-corrected chi connectivity index (χ4v) is 2.66. The van der Waals surface area contributed by atoms with Crippen molar-refractivity contribution in [2.24, 2.45) is 0 Å². The first-order valence-corrected chi connectivity index (χ1v) is 6.18. The number of aromatic nitrogens is 1.